The van der Waals surface area contributed by atoms with Crippen LogP contribution >= 0.6 is 27.5 Å². The van der Waals surface area contributed by atoms with Gasteiger partial charge in [0.05, 0.1) is 16.9 Å². The zero-order valence-electron chi connectivity index (χ0n) is 13.5. The molecule has 25 heavy (non-hydrogen) atoms. The molecule has 1 aromatic carbocycles. The van der Waals surface area contributed by atoms with Crippen molar-refractivity contribution in [1.82, 2.24) is 4.90 Å². The van der Waals surface area contributed by atoms with E-state index in [4.69, 9.17) is 11.6 Å². The van der Waals surface area contributed by atoms with Gasteiger partial charge in [0.15, 0.2) is 0 Å². The van der Waals surface area contributed by atoms with Crippen molar-refractivity contribution in [2.45, 2.75) is 13.3 Å². The number of likely N-dealkylation sites (tertiary alicyclic amines) is 1. The zero-order valence-corrected chi connectivity index (χ0v) is 15.8. The van der Waals surface area contributed by atoms with Gasteiger partial charge < -0.3 is 5.32 Å². The molecule has 1 N–H and O–H groups in total. The summed E-state index contributed by atoms with van der Waals surface area (Å²) >= 11 is 9.40. The Labute approximate surface area is 158 Å². The molecule has 1 saturated carbocycles. The van der Waals surface area contributed by atoms with Crippen LogP contribution in [0.5, 0.6) is 0 Å². The van der Waals surface area contributed by atoms with Crippen LogP contribution in [0.2, 0.25) is 5.02 Å². The lowest BCUT2D eigenvalue weighted by atomic mass is 9.85. The molecule has 130 valence electrons. The van der Waals surface area contributed by atoms with E-state index in [0.29, 0.717) is 10.7 Å². The van der Waals surface area contributed by atoms with Crippen LogP contribution in [-0.2, 0) is 14.4 Å². The van der Waals surface area contributed by atoms with Crippen molar-refractivity contribution < 1.29 is 14.4 Å². The highest BCUT2D eigenvalue weighted by molar-refractivity contribution is 9.10. The van der Waals surface area contributed by atoms with Gasteiger partial charge in [0.1, 0.15) is 6.54 Å². The molecular formula is C18H16BrClN2O3. The monoisotopic (exact) mass is 422 g/mol. The van der Waals surface area contributed by atoms with E-state index in [0.717, 1.165) is 21.4 Å². The van der Waals surface area contributed by atoms with Crippen LogP contribution in [0.4, 0.5) is 5.69 Å². The van der Waals surface area contributed by atoms with Crippen LogP contribution in [0.25, 0.3) is 0 Å². The number of hydrogen-bond acceptors (Lipinski definition) is 3. The minimum atomic E-state index is -0.400. The Bertz CT molecular complexity index is 808. The first-order chi connectivity index (χ1) is 11.9. The van der Waals surface area contributed by atoms with Crippen LogP contribution in [0, 0.1) is 30.6 Å². The predicted molar refractivity (Wildman–Crippen MR) is 97.0 cm³/mol. The van der Waals surface area contributed by atoms with Crippen molar-refractivity contribution in [3.63, 3.8) is 0 Å². The number of carbonyl (C=O) groups is 3. The largest absolute Gasteiger partial charge is 0.324 e. The van der Waals surface area contributed by atoms with Gasteiger partial charge >= 0.3 is 0 Å². The number of amides is 3. The summed E-state index contributed by atoms with van der Waals surface area (Å²) in [5.41, 5.74) is 1.40. The summed E-state index contributed by atoms with van der Waals surface area (Å²) in [5, 5.41) is 3.22. The number of carbonyl (C=O) groups excluding carboxylic acids is 3. The molecule has 2 aliphatic carbocycles. The Hall–Kier alpha value is -1.66. The normalized spacial score (nSPS) is 29.5. The fraction of sp³-hybridized carbons (Fsp3) is 0.389. The molecule has 1 heterocycles. The second-order valence-corrected chi connectivity index (χ2v) is 8.15. The van der Waals surface area contributed by atoms with Crippen LogP contribution < -0.4 is 5.32 Å². The molecule has 1 saturated heterocycles. The minimum absolute atomic E-state index is 0.145. The van der Waals surface area contributed by atoms with Gasteiger partial charge in [-0.1, -0.05) is 23.8 Å². The number of halogens is 2. The Morgan fingerprint density at radius 2 is 1.84 bits per heavy atom. The summed E-state index contributed by atoms with van der Waals surface area (Å²) in [6, 6.07) is 3.45. The smallest absolute Gasteiger partial charge is 0.244 e. The topological polar surface area (TPSA) is 66.5 Å². The Morgan fingerprint density at radius 1 is 1.24 bits per heavy atom. The van der Waals surface area contributed by atoms with Gasteiger partial charge in [-0.2, -0.15) is 0 Å². The number of fused-ring (bicyclic) bond motifs is 5. The molecule has 7 heteroatoms. The fourth-order valence-corrected chi connectivity index (χ4v) is 4.86. The van der Waals surface area contributed by atoms with Crippen molar-refractivity contribution in [1.29, 1.82) is 0 Å². The summed E-state index contributed by atoms with van der Waals surface area (Å²) in [7, 11) is 0. The number of hydrogen-bond donors (Lipinski definition) is 1. The summed E-state index contributed by atoms with van der Waals surface area (Å²) in [5.74, 6) is -1.10. The average Bonchev–Trinajstić information content (AvgIpc) is 3.22. The van der Waals surface area contributed by atoms with Crippen LogP contribution in [0.1, 0.15) is 12.0 Å². The van der Waals surface area contributed by atoms with Gasteiger partial charge in [0.25, 0.3) is 0 Å². The Balaban J connectivity index is 1.48. The van der Waals surface area contributed by atoms with Crippen LogP contribution in [-0.4, -0.2) is 29.2 Å². The maximum Gasteiger partial charge on any atom is 0.244 e. The summed E-state index contributed by atoms with van der Waals surface area (Å²) < 4.78 is 0.741. The zero-order chi connectivity index (χ0) is 17.9. The molecule has 3 amide bonds. The maximum absolute atomic E-state index is 12.6. The third-order valence-electron chi connectivity index (χ3n) is 5.40. The van der Waals surface area contributed by atoms with Crippen molar-refractivity contribution in [2.24, 2.45) is 23.7 Å². The van der Waals surface area contributed by atoms with Gasteiger partial charge in [-0.25, -0.2) is 0 Å². The standard InChI is InChI=1S/C18H16BrClN2O3/c1-8-4-11(19)12(20)6-13(8)21-14(23)7-22-17(24)15-9-2-3-10(5-9)16(15)18(22)25/h2-4,6,9-10,15-16H,5,7H2,1H3,(H,21,23)/t9-,10-,15-,16+/m0/s1. The number of aryl methyl sites for hydroxylation is 1. The minimum Gasteiger partial charge on any atom is -0.324 e. The van der Waals surface area contributed by atoms with Crippen molar-refractivity contribution in [2.75, 3.05) is 11.9 Å². The Kier molecular flexibility index (Phi) is 4.00. The van der Waals surface area contributed by atoms with E-state index in [9.17, 15) is 14.4 Å². The Morgan fingerprint density at radius 3 is 2.44 bits per heavy atom. The molecule has 0 spiro atoms. The van der Waals surface area contributed by atoms with E-state index in [1.807, 2.05) is 19.1 Å². The number of imide groups is 1. The van der Waals surface area contributed by atoms with Crippen molar-refractivity contribution >= 4 is 50.9 Å². The van der Waals surface area contributed by atoms with Gasteiger partial charge in [-0.05, 0) is 58.8 Å². The second kappa shape index (κ2) is 5.95. The van der Waals surface area contributed by atoms with Gasteiger partial charge in [0.2, 0.25) is 17.7 Å². The predicted octanol–water partition coefficient (Wildman–Crippen LogP) is 3.16. The lowest BCUT2D eigenvalue weighted by Gasteiger charge is -2.17. The highest BCUT2D eigenvalue weighted by atomic mass is 79.9. The summed E-state index contributed by atoms with van der Waals surface area (Å²) in [4.78, 5) is 38.7. The SMILES string of the molecule is Cc1cc(Br)c(Cl)cc1NC(=O)CN1C(=O)[C@@H]2[C@H](C1=O)[C@H]1C=C[C@H]2C1. The molecule has 0 unspecified atom stereocenters. The van der Waals surface area contributed by atoms with Crippen molar-refractivity contribution in [3.8, 4) is 0 Å². The number of anilines is 1. The summed E-state index contributed by atoms with van der Waals surface area (Å²) in [6.45, 7) is 1.59. The average molecular weight is 424 g/mol. The van der Waals surface area contributed by atoms with E-state index >= 15 is 0 Å². The van der Waals surface area contributed by atoms with E-state index in [1.165, 1.54) is 0 Å². The summed E-state index contributed by atoms with van der Waals surface area (Å²) in [6.07, 6.45) is 4.95. The number of benzene rings is 1. The molecule has 1 aromatic rings. The third-order valence-corrected chi connectivity index (χ3v) is 6.60. The molecule has 3 aliphatic rings. The first-order valence-electron chi connectivity index (χ1n) is 8.16. The van der Waals surface area contributed by atoms with E-state index in [-0.39, 0.29) is 42.0 Å². The van der Waals surface area contributed by atoms with Gasteiger partial charge in [-0.15, -0.1) is 0 Å². The molecule has 0 radical (unpaired) electrons. The van der Waals surface area contributed by atoms with E-state index in [1.54, 1.807) is 12.1 Å². The first kappa shape index (κ1) is 16.8. The van der Waals surface area contributed by atoms with E-state index < -0.39 is 5.91 Å². The number of nitrogens with one attached hydrogen (secondary N) is 1. The molecule has 2 fully saturated rings. The number of nitrogens with zero attached hydrogens (tertiary/aromatic N) is 1. The first-order valence-corrected chi connectivity index (χ1v) is 9.33. The van der Waals surface area contributed by atoms with Crippen molar-refractivity contribution in [3.05, 3.63) is 39.3 Å². The molecule has 4 rings (SSSR count). The maximum atomic E-state index is 12.6. The molecule has 5 nitrogen and oxygen atoms in total. The van der Waals surface area contributed by atoms with Gasteiger partial charge in [-0.3, -0.25) is 19.3 Å². The van der Waals surface area contributed by atoms with Crippen LogP contribution in [0.15, 0.2) is 28.8 Å². The third kappa shape index (κ3) is 2.62. The quantitative estimate of drug-likeness (QED) is 0.600. The lowest BCUT2D eigenvalue weighted by molar-refractivity contribution is -0.143. The second-order valence-electron chi connectivity index (χ2n) is 6.89. The number of rotatable bonds is 3. The fourth-order valence-electron chi connectivity index (χ4n) is 4.23. The van der Waals surface area contributed by atoms with Crippen LogP contribution in [0.3, 0.4) is 0 Å². The highest BCUT2D eigenvalue weighted by Crippen LogP contribution is 2.52. The molecule has 2 bridgehead atoms. The molecule has 4 atom stereocenters. The number of allylic oxidation sites excluding steroid dienone is 2. The molecule has 1 aliphatic heterocycles. The molecule has 0 aromatic heterocycles. The highest BCUT2D eigenvalue weighted by Gasteiger charge is 2.59. The molecular weight excluding hydrogens is 408 g/mol. The van der Waals surface area contributed by atoms with Gasteiger partial charge in [0, 0.05) is 10.2 Å². The van der Waals surface area contributed by atoms with E-state index in [2.05, 4.69) is 21.2 Å². The lowest BCUT2D eigenvalue weighted by Crippen LogP contribution is -2.39.